The number of nitrogens with one attached hydrogen (secondary N) is 1. The van der Waals surface area contributed by atoms with Crippen LogP contribution in [-0.4, -0.2) is 41.6 Å². The van der Waals surface area contributed by atoms with Crippen LogP contribution in [0.4, 0.5) is 4.79 Å². The average molecular weight is 210 g/mol. The number of rotatable bonds is 3. The summed E-state index contributed by atoms with van der Waals surface area (Å²) in [7, 11) is 0. The summed E-state index contributed by atoms with van der Waals surface area (Å²) in [5.74, 6) is 4.69. The molecule has 0 spiro atoms. The molecule has 1 heterocycles. The Morgan fingerprint density at radius 3 is 2.73 bits per heavy atom. The number of carbonyl (C=O) groups excluding carboxylic acids is 1. The molecule has 0 saturated carbocycles. The molecule has 5 nitrogen and oxygen atoms in total. The Kier molecular flexibility index (Phi) is 3.98. The maximum atomic E-state index is 11.3. The summed E-state index contributed by atoms with van der Waals surface area (Å²) in [5, 5.41) is 11.1. The van der Waals surface area contributed by atoms with E-state index in [1.165, 1.54) is 0 Å². The third-order valence-electron chi connectivity index (χ3n) is 2.21. The number of aliphatic carboxylic acids is 1. The Hall–Kier alpha value is -1.70. The van der Waals surface area contributed by atoms with Crippen LogP contribution in [0.5, 0.6) is 0 Å². The van der Waals surface area contributed by atoms with E-state index >= 15 is 0 Å². The fraction of sp³-hybridized carbons (Fsp3) is 0.600. The van der Waals surface area contributed by atoms with Crippen molar-refractivity contribution in [2.24, 2.45) is 5.92 Å². The van der Waals surface area contributed by atoms with Crippen LogP contribution in [0.15, 0.2) is 0 Å². The minimum atomic E-state index is -0.808. The van der Waals surface area contributed by atoms with Gasteiger partial charge in [0.15, 0.2) is 0 Å². The zero-order valence-corrected chi connectivity index (χ0v) is 8.62. The van der Waals surface area contributed by atoms with E-state index in [2.05, 4.69) is 17.2 Å². The number of likely N-dealkylation sites (tertiary alicyclic amines) is 1. The van der Waals surface area contributed by atoms with Gasteiger partial charge in [0.2, 0.25) is 0 Å². The summed E-state index contributed by atoms with van der Waals surface area (Å²) in [6.07, 6.45) is 0.137. The Labute approximate surface area is 88.4 Å². The van der Waals surface area contributed by atoms with Gasteiger partial charge < -0.3 is 15.3 Å². The molecule has 0 aromatic heterocycles. The number of urea groups is 1. The van der Waals surface area contributed by atoms with Crippen LogP contribution in [-0.2, 0) is 4.79 Å². The van der Waals surface area contributed by atoms with Gasteiger partial charge in [0.25, 0.3) is 0 Å². The van der Waals surface area contributed by atoms with Gasteiger partial charge in [-0.15, -0.1) is 5.92 Å². The van der Waals surface area contributed by atoms with Crippen molar-refractivity contribution in [3.63, 3.8) is 0 Å². The predicted octanol–water partition coefficient (Wildman–Crippen LogP) is 0.126. The standard InChI is InChI=1S/C10H14N2O3/c1-2-3-4-11-10(15)12-6-8(7-12)5-9(13)14/h8H,4-7H2,1H3,(H,11,15)(H,13,14). The van der Waals surface area contributed by atoms with Gasteiger partial charge in [0, 0.05) is 19.0 Å². The summed E-state index contributed by atoms with van der Waals surface area (Å²) in [5.41, 5.74) is 0. The van der Waals surface area contributed by atoms with Gasteiger partial charge in [-0.25, -0.2) is 4.79 Å². The highest BCUT2D eigenvalue weighted by atomic mass is 16.4. The highest BCUT2D eigenvalue weighted by Gasteiger charge is 2.31. The molecule has 0 unspecified atom stereocenters. The number of carboxylic acids is 1. The van der Waals surface area contributed by atoms with Gasteiger partial charge in [-0.2, -0.15) is 0 Å². The Morgan fingerprint density at radius 2 is 2.20 bits per heavy atom. The molecule has 82 valence electrons. The number of hydrogen-bond acceptors (Lipinski definition) is 2. The van der Waals surface area contributed by atoms with Crippen molar-refractivity contribution in [2.75, 3.05) is 19.6 Å². The number of hydrogen-bond donors (Lipinski definition) is 2. The van der Waals surface area contributed by atoms with Gasteiger partial charge >= 0.3 is 12.0 Å². The third kappa shape index (κ3) is 3.50. The maximum Gasteiger partial charge on any atom is 0.318 e. The molecule has 15 heavy (non-hydrogen) atoms. The molecule has 1 rings (SSSR count). The van der Waals surface area contributed by atoms with E-state index in [1.807, 2.05) is 0 Å². The van der Waals surface area contributed by atoms with E-state index in [1.54, 1.807) is 11.8 Å². The van der Waals surface area contributed by atoms with Crippen LogP contribution in [0.3, 0.4) is 0 Å². The summed E-state index contributed by atoms with van der Waals surface area (Å²) in [6.45, 7) is 3.10. The van der Waals surface area contributed by atoms with E-state index in [4.69, 9.17) is 5.11 Å². The quantitative estimate of drug-likeness (QED) is 0.650. The maximum absolute atomic E-state index is 11.3. The lowest BCUT2D eigenvalue weighted by Crippen LogP contribution is -2.54. The second-order valence-corrected chi connectivity index (χ2v) is 3.45. The van der Waals surface area contributed by atoms with E-state index in [-0.39, 0.29) is 18.4 Å². The second kappa shape index (κ2) is 5.25. The van der Waals surface area contributed by atoms with Crippen molar-refractivity contribution in [3.8, 4) is 11.8 Å². The molecule has 0 atom stereocenters. The molecule has 0 aromatic carbocycles. The summed E-state index contributed by atoms with van der Waals surface area (Å²) >= 11 is 0. The van der Waals surface area contributed by atoms with Crippen molar-refractivity contribution in [3.05, 3.63) is 0 Å². The molecule has 1 aliphatic heterocycles. The fourth-order valence-corrected chi connectivity index (χ4v) is 1.43. The topological polar surface area (TPSA) is 69.6 Å². The first-order valence-electron chi connectivity index (χ1n) is 4.77. The summed E-state index contributed by atoms with van der Waals surface area (Å²) in [4.78, 5) is 23.3. The number of nitrogens with zero attached hydrogens (tertiary/aromatic N) is 1. The largest absolute Gasteiger partial charge is 0.481 e. The number of carboxylic acid groups (broad SMARTS) is 1. The highest BCUT2D eigenvalue weighted by Crippen LogP contribution is 2.18. The SMILES string of the molecule is CC#CCNC(=O)N1CC(CC(=O)O)C1. The minimum absolute atomic E-state index is 0.102. The van der Waals surface area contributed by atoms with Crippen LogP contribution in [0.2, 0.25) is 0 Å². The smallest absolute Gasteiger partial charge is 0.318 e. The average Bonchev–Trinajstić information content (AvgIpc) is 2.10. The lowest BCUT2D eigenvalue weighted by Gasteiger charge is -2.38. The van der Waals surface area contributed by atoms with E-state index in [9.17, 15) is 9.59 Å². The number of amides is 2. The van der Waals surface area contributed by atoms with Gasteiger partial charge in [-0.1, -0.05) is 5.92 Å². The molecule has 2 amide bonds. The van der Waals surface area contributed by atoms with Crippen LogP contribution in [0, 0.1) is 17.8 Å². The molecule has 0 aliphatic carbocycles. The first-order chi connectivity index (χ1) is 7.13. The monoisotopic (exact) mass is 210 g/mol. The van der Waals surface area contributed by atoms with Crippen LogP contribution < -0.4 is 5.32 Å². The second-order valence-electron chi connectivity index (χ2n) is 3.45. The fourth-order valence-electron chi connectivity index (χ4n) is 1.43. The molecule has 1 saturated heterocycles. The molecule has 0 radical (unpaired) electrons. The molecule has 1 fully saturated rings. The molecule has 5 heteroatoms. The van der Waals surface area contributed by atoms with E-state index in [0.29, 0.717) is 19.6 Å². The third-order valence-corrected chi connectivity index (χ3v) is 2.21. The molecule has 0 aromatic rings. The van der Waals surface area contributed by atoms with Crippen molar-refractivity contribution >= 4 is 12.0 Å². The molecule has 2 N–H and O–H groups in total. The molecule has 1 aliphatic rings. The Bertz CT molecular complexity index is 310. The predicted molar refractivity (Wildman–Crippen MR) is 54.2 cm³/mol. The van der Waals surface area contributed by atoms with Gasteiger partial charge in [0.05, 0.1) is 13.0 Å². The van der Waals surface area contributed by atoms with Crippen LogP contribution in [0.25, 0.3) is 0 Å². The lowest BCUT2D eigenvalue weighted by molar-refractivity contribution is -0.139. The zero-order chi connectivity index (χ0) is 11.3. The molecule has 0 bridgehead atoms. The Morgan fingerprint density at radius 1 is 1.53 bits per heavy atom. The molecular weight excluding hydrogens is 196 g/mol. The van der Waals surface area contributed by atoms with E-state index in [0.717, 1.165) is 0 Å². The van der Waals surface area contributed by atoms with E-state index < -0.39 is 5.97 Å². The normalized spacial score (nSPS) is 14.9. The lowest BCUT2D eigenvalue weighted by atomic mass is 9.97. The highest BCUT2D eigenvalue weighted by molar-refractivity contribution is 5.76. The van der Waals surface area contributed by atoms with Crippen molar-refractivity contribution < 1.29 is 14.7 Å². The van der Waals surface area contributed by atoms with Crippen molar-refractivity contribution in [1.82, 2.24) is 10.2 Å². The first kappa shape index (κ1) is 11.4. The number of carbonyl (C=O) groups is 2. The van der Waals surface area contributed by atoms with Gasteiger partial charge in [0.1, 0.15) is 0 Å². The van der Waals surface area contributed by atoms with Crippen LogP contribution >= 0.6 is 0 Å². The van der Waals surface area contributed by atoms with Crippen molar-refractivity contribution in [1.29, 1.82) is 0 Å². The first-order valence-corrected chi connectivity index (χ1v) is 4.77. The Balaban J connectivity index is 2.16. The van der Waals surface area contributed by atoms with Crippen molar-refractivity contribution in [2.45, 2.75) is 13.3 Å². The zero-order valence-electron chi connectivity index (χ0n) is 8.62. The minimum Gasteiger partial charge on any atom is -0.481 e. The van der Waals surface area contributed by atoms with Gasteiger partial charge in [-0.3, -0.25) is 4.79 Å². The summed E-state index contributed by atoms with van der Waals surface area (Å²) < 4.78 is 0. The molecular formula is C10H14N2O3. The van der Waals surface area contributed by atoms with Gasteiger partial charge in [-0.05, 0) is 6.92 Å². The summed E-state index contributed by atoms with van der Waals surface area (Å²) in [6, 6.07) is -0.167. The van der Waals surface area contributed by atoms with Crippen LogP contribution in [0.1, 0.15) is 13.3 Å².